The number of urea groups is 1. The van der Waals surface area contributed by atoms with Gasteiger partial charge in [-0.1, -0.05) is 51.1 Å². The quantitative estimate of drug-likeness (QED) is 0.223. The Morgan fingerprint density at radius 3 is 2.22 bits per heavy atom. The standard InChI is InChI=1S/C32H35N5O6.C2H6/c1-4-21(3)37-27-14-13-24(18-25(27)31(42)36(19-29(37)39)16-15-30(40)41)33-28(38)17-22-9-11-23(12-10-22)34-32(43)35-26-8-6-5-7-20(26)2;1-2/h5-14,18,21H,4,15-17,19H2,1-3H3,(H,33,38)(H,40,41)(H2,34,35,43);1-2H3. The molecule has 1 heterocycles. The number of carboxylic acids is 1. The van der Waals surface area contributed by atoms with Gasteiger partial charge in [0.15, 0.2) is 0 Å². The summed E-state index contributed by atoms with van der Waals surface area (Å²) in [7, 11) is 0. The van der Waals surface area contributed by atoms with E-state index in [9.17, 15) is 24.0 Å². The van der Waals surface area contributed by atoms with Crippen molar-refractivity contribution in [1.29, 1.82) is 0 Å². The van der Waals surface area contributed by atoms with E-state index < -0.39 is 11.9 Å². The maximum Gasteiger partial charge on any atom is 0.323 e. The molecule has 11 nitrogen and oxygen atoms in total. The Morgan fingerprint density at radius 1 is 0.911 bits per heavy atom. The zero-order valence-corrected chi connectivity index (χ0v) is 26.3. The number of carbonyl (C=O) groups is 5. The average molecular weight is 616 g/mol. The van der Waals surface area contributed by atoms with Crippen molar-refractivity contribution in [2.75, 3.05) is 33.9 Å². The molecular formula is C34H41N5O6. The molecule has 45 heavy (non-hydrogen) atoms. The molecule has 3 aromatic carbocycles. The smallest absolute Gasteiger partial charge is 0.323 e. The molecule has 4 rings (SSSR count). The van der Waals surface area contributed by atoms with Crippen LogP contribution in [0, 0.1) is 6.92 Å². The monoisotopic (exact) mass is 615 g/mol. The molecule has 0 aromatic heterocycles. The van der Waals surface area contributed by atoms with E-state index >= 15 is 0 Å². The molecule has 3 aromatic rings. The first kappa shape index (κ1) is 34.3. The molecule has 0 fully saturated rings. The minimum absolute atomic E-state index is 0.0446. The molecule has 1 aliphatic rings. The van der Waals surface area contributed by atoms with Gasteiger partial charge in [-0.25, -0.2) is 4.79 Å². The Kier molecular flexibility index (Phi) is 12.2. The van der Waals surface area contributed by atoms with Crippen LogP contribution in [0.1, 0.15) is 62.0 Å². The van der Waals surface area contributed by atoms with Crippen LogP contribution in [-0.2, 0) is 20.8 Å². The van der Waals surface area contributed by atoms with Crippen LogP contribution in [0.5, 0.6) is 0 Å². The minimum Gasteiger partial charge on any atom is -0.481 e. The van der Waals surface area contributed by atoms with E-state index in [0.717, 1.165) is 5.56 Å². The number of nitrogens with zero attached hydrogens (tertiary/aromatic N) is 2. The molecule has 1 unspecified atom stereocenters. The highest BCUT2D eigenvalue weighted by molar-refractivity contribution is 6.11. The van der Waals surface area contributed by atoms with Gasteiger partial charge in [0, 0.05) is 29.6 Å². The maximum absolute atomic E-state index is 13.4. The highest BCUT2D eigenvalue weighted by atomic mass is 16.4. The summed E-state index contributed by atoms with van der Waals surface area (Å²) in [5.41, 5.74) is 3.94. The lowest BCUT2D eigenvalue weighted by molar-refractivity contribution is -0.137. The SMILES string of the molecule is CC.CCC(C)N1C(=O)CN(CCC(=O)O)C(=O)c2cc(NC(=O)Cc3ccc(NC(=O)Nc4ccccc4C)cc3)ccc21. The number of hydrogen-bond donors (Lipinski definition) is 4. The number of anilines is 4. The third kappa shape index (κ3) is 9.15. The van der Waals surface area contributed by atoms with Gasteiger partial charge in [0.05, 0.1) is 24.1 Å². The molecule has 1 aliphatic heterocycles. The third-order valence-electron chi connectivity index (χ3n) is 7.25. The van der Waals surface area contributed by atoms with Gasteiger partial charge in [-0.2, -0.15) is 0 Å². The predicted molar refractivity (Wildman–Crippen MR) is 176 cm³/mol. The first-order valence-corrected chi connectivity index (χ1v) is 15.0. The number of hydrogen-bond acceptors (Lipinski definition) is 5. The number of nitrogens with one attached hydrogen (secondary N) is 3. The van der Waals surface area contributed by atoms with Crippen LogP contribution < -0.4 is 20.9 Å². The van der Waals surface area contributed by atoms with Crippen molar-refractivity contribution in [2.24, 2.45) is 0 Å². The molecule has 0 aliphatic carbocycles. The first-order chi connectivity index (χ1) is 21.5. The van der Waals surface area contributed by atoms with Gasteiger partial charge in [-0.05, 0) is 67.8 Å². The number of benzene rings is 3. The number of rotatable bonds is 10. The largest absolute Gasteiger partial charge is 0.481 e. The number of amides is 5. The number of aryl methyl sites for hydroxylation is 1. The van der Waals surface area contributed by atoms with Gasteiger partial charge in [0.1, 0.15) is 6.54 Å². The van der Waals surface area contributed by atoms with Crippen LogP contribution in [0.25, 0.3) is 0 Å². The van der Waals surface area contributed by atoms with Gasteiger partial charge in [-0.3, -0.25) is 19.2 Å². The molecule has 5 amide bonds. The Balaban J connectivity index is 0.00000271. The minimum atomic E-state index is -1.07. The summed E-state index contributed by atoms with van der Waals surface area (Å²) in [5, 5.41) is 17.5. The van der Waals surface area contributed by atoms with Crippen molar-refractivity contribution in [3.63, 3.8) is 0 Å². The lowest BCUT2D eigenvalue weighted by atomic mass is 10.1. The Bertz CT molecular complexity index is 1540. The number of para-hydroxylation sites is 1. The number of aliphatic carboxylic acids is 1. The van der Waals surface area contributed by atoms with E-state index in [1.54, 1.807) is 41.3 Å². The Hall–Kier alpha value is -5.19. The first-order valence-electron chi connectivity index (χ1n) is 15.0. The second-order valence-electron chi connectivity index (χ2n) is 10.4. The number of carboxylic acid groups (broad SMARTS) is 1. The highest BCUT2D eigenvalue weighted by Crippen LogP contribution is 2.31. The molecular weight excluding hydrogens is 574 g/mol. The topological polar surface area (TPSA) is 148 Å². The van der Waals surface area contributed by atoms with Crippen LogP contribution in [0.4, 0.5) is 27.5 Å². The van der Waals surface area contributed by atoms with Crippen LogP contribution in [0.3, 0.4) is 0 Å². The van der Waals surface area contributed by atoms with E-state index in [1.807, 2.05) is 58.9 Å². The third-order valence-corrected chi connectivity index (χ3v) is 7.25. The zero-order chi connectivity index (χ0) is 33.1. The summed E-state index contributed by atoms with van der Waals surface area (Å²) in [4.78, 5) is 65.7. The summed E-state index contributed by atoms with van der Waals surface area (Å²) in [6.45, 7) is 9.38. The Morgan fingerprint density at radius 2 is 1.58 bits per heavy atom. The van der Waals surface area contributed by atoms with Crippen LogP contribution in [0.15, 0.2) is 66.7 Å². The van der Waals surface area contributed by atoms with Crippen molar-refractivity contribution in [1.82, 2.24) is 4.90 Å². The van der Waals surface area contributed by atoms with E-state index in [-0.39, 0.29) is 55.4 Å². The zero-order valence-electron chi connectivity index (χ0n) is 26.3. The van der Waals surface area contributed by atoms with E-state index in [1.165, 1.54) is 11.0 Å². The normalized spacial score (nSPS) is 13.1. The van der Waals surface area contributed by atoms with Crippen molar-refractivity contribution in [3.8, 4) is 0 Å². The molecule has 11 heteroatoms. The molecule has 1 atom stereocenters. The lowest BCUT2D eigenvalue weighted by Crippen LogP contribution is -2.43. The highest BCUT2D eigenvalue weighted by Gasteiger charge is 2.34. The second kappa shape index (κ2) is 16.0. The second-order valence-corrected chi connectivity index (χ2v) is 10.4. The molecule has 0 saturated carbocycles. The Labute approximate surface area is 263 Å². The van der Waals surface area contributed by atoms with Crippen LogP contribution in [-0.4, -0.2) is 58.9 Å². The van der Waals surface area contributed by atoms with Crippen molar-refractivity contribution in [2.45, 2.75) is 59.9 Å². The van der Waals surface area contributed by atoms with Crippen molar-refractivity contribution >= 4 is 52.5 Å². The summed E-state index contributed by atoms with van der Waals surface area (Å²) in [5.74, 6) is -2.16. The predicted octanol–water partition coefficient (Wildman–Crippen LogP) is 5.91. The van der Waals surface area contributed by atoms with E-state index in [4.69, 9.17) is 5.11 Å². The molecule has 4 N–H and O–H groups in total. The summed E-state index contributed by atoms with van der Waals surface area (Å²) < 4.78 is 0. The number of carbonyl (C=O) groups excluding carboxylic acids is 4. The van der Waals surface area contributed by atoms with Gasteiger partial charge < -0.3 is 30.9 Å². The maximum atomic E-state index is 13.4. The molecule has 0 radical (unpaired) electrons. The van der Waals surface area contributed by atoms with Crippen molar-refractivity contribution < 1.29 is 29.1 Å². The van der Waals surface area contributed by atoms with Crippen molar-refractivity contribution in [3.05, 3.63) is 83.4 Å². The van der Waals surface area contributed by atoms with E-state index in [0.29, 0.717) is 34.7 Å². The summed E-state index contributed by atoms with van der Waals surface area (Å²) in [6, 6.07) is 18.5. The summed E-state index contributed by atoms with van der Waals surface area (Å²) >= 11 is 0. The fourth-order valence-electron chi connectivity index (χ4n) is 4.78. The van der Waals surface area contributed by atoms with Crippen LogP contribution >= 0.6 is 0 Å². The van der Waals surface area contributed by atoms with Gasteiger partial charge >= 0.3 is 12.0 Å². The van der Waals surface area contributed by atoms with Crippen LogP contribution in [0.2, 0.25) is 0 Å². The van der Waals surface area contributed by atoms with Gasteiger partial charge in [0.25, 0.3) is 5.91 Å². The molecule has 0 spiro atoms. The summed E-state index contributed by atoms with van der Waals surface area (Å²) in [6.07, 6.45) is 0.404. The fourth-order valence-corrected chi connectivity index (χ4v) is 4.78. The van der Waals surface area contributed by atoms with Gasteiger partial charge in [0.2, 0.25) is 11.8 Å². The van der Waals surface area contributed by atoms with E-state index in [2.05, 4.69) is 16.0 Å². The number of fused-ring (bicyclic) bond motifs is 1. The molecule has 238 valence electrons. The molecule has 0 bridgehead atoms. The fraction of sp³-hybridized carbons (Fsp3) is 0.324. The average Bonchev–Trinajstić information content (AvgIpc) is 3.12. The molecule has 0 saturated heterocycles. The lowest BCUT2D eigenvalue weighted by Gasteiger charge is -2.28. The van der Waals surface area contributed by atoms with Gasteiger partial charge in [-0.15, -0.1) is 0 Å².